The summed E-state index contributed by atoms with van der Waals surface area (Å²) >= 11 is 0. The largest absolute Gasteiger partial charge is 0.497 e. The molecule has 0 fully saturated rings. The number of rotatable bonds is 3. The van der Waals surface area contributed by atoms with Crippen LogP contribution in [0.2, 0.25) is 0 Å². The molecule has 1 aromatic carbocycles. The van der Waals surface area contributed by atoms with E-state index in [1.165, 1.54) is 0 Å². The van der Waals surface area contributed by atoms with E-state index < -0.39 is 0 Å². The van der Waals surface area contributed by atoms with Gasteiger partial charge in [0, 0.05) is 38.9 Å². The molecule has 0 atom stereocenters. The number of nitrogens with zero attached hydrogens (tertiary/aromatic N) is 4. The van der Waals surface area contributed by atoms with Crippen molar-refractivity contribution in [2.45, 2.75) is 0 Å². The molecule has 0 aliphatic heterocycles. The van der Waals surface area contributed by atoms with Gasteiger partial charge in [-0.15, -0.1) is 0 Å². The minimum absolute atomic E-state index is 0.837. The Hall–Kier alpha value is -2.56. The van der Waals surface area contributed by atoms with Crippen LogP contribution >= 0.6 is 0 Å². The zero-order valence-electron chi connectivity index (χ0n) is 12.7. The van der Waals surface area contributed by atoms with Crippen LogP contribution in [0.25, 0.3) is 22.3 Å². The molecule has 5 heteroatoms. The maximum Gasteiger partial charge on any atom is 0.158 e. The summed E-state index contributed by atoms with van der Waals surface area (Å²) in [6.07, 6.45) is 3.70. The van der Waals surface area contributed by atoms with Crippen molar-refractivity contribution in [3.05, 3.63) is 36.7 Å². The Balaban J connectivity index is 2.29. The van der Waals surface area contributed by atoms with Crippen LogP contribution in [0.15, 0.2) is 36.7 Å². The lowest BCUT2D eigenvalue weighted by Gasteiger charge is -2.16. The van der Waals surface area contributed by atoms with Gasteiger partial charge in [0.25, 0.3) is 0 Å². The van der Waals surface area contributed by atoms with Crippen LogP contribution in [-0.4, -0.2) is 35.7 Å². The zero-order valence-corrected chi connectivity index (χ0v) is 12.7. The van der Waals surface area contributed by atoms with Gasteiger partial charge in [-0.3, -0.25) is 0 Å². The van der Waals surface area contributed by atoms with Gasteiger partial charge >= 0.3 is 0 Å². The molecule has 0 N–H and O–H groups in total. The Morgan fingerprint density at radius 3 is 2.62 bits per heavy atom. The fourth-order valence-electron chi connectivity index (χ4n) is 2.41. The van der Waals surface area contributed by atoms with Gasteiger partial charge < -0.3 is 14.2 Å². The smallest absolute Gasteiger partial charge is 0.158 e. The van der Waals surface area contributed by atoms with Crippen LogP contribution in [0.3, 0.4) is 0 Å². The molecule has 108 valence electrons. The van der Waals surface area contributed by atoms with Gasteiger partial charge in [-0.05, 0) is 29.7 Å². The molecule has 0 aliphatic rings. The van der Waals surface area contributed by atoms with Crippen molar-refractivity contribution in [2.75, 3.05) is 26.1 Å². The van der Waals surface area contributed by atoms with Gasteiger partial charge in [0.2, 0.25) is 0 Å². The number of pyridine rings is 1. The number of hydrogen-bond acceptors (Lipinski definition) is 4. The van der Waals surface area contributed by atoms with Crippen LogP contribution in [0.1, 0.15) is 0 Å². The molecule has 3 aromatic rings. The topological polar surface area (TPSA) is 43.2 Å². The lowest BCUT2D eigenvalue weighted by molar-refractivity contribution is 0.415. The summed E-state index contributed by atoms with van der Waals surface area (Å²) < 4.78 is 7.29. The van der Waals surface area contributed by atoms with E-state index in [9.17, 15) is 0 Å². The summed E-state index contributed by atoms with van der Waals surface area (Å²) in [6, 6.07) is 8.07. The van der Waals surface area contributed by atoms with Crippen molar-refractivity contribution in [3.63, 3.8) is 0 Å². The quantitative estimate of drug-likeness (QED) is 0.741. The predicted octanol–water partition coefficient (Wildman–Crippen LogP) is 2.71. The summed E-state index contributed by atoms with van der Waals surface area (Å²) in [7, 11) is 7.63. The second-order valence-electron chi connectivity index (χ2n) is 5.17. The Labute approximate surface area is 123 Å². The average molecular weight is 282 g/mol. The summed E-state index contributed by atoms with van der Waals surface area (Å²) in [5.41, 5.74) is 0.854. The molecule has 0 unspecified atom stereocenters. The van der Waals surface area contributed by atoms with E-state index in [1.54, 1.807) is 13.3 Å². The predicted molar refractivity (Wildman–Crippen MR) is 84.8 cm³/mol. The Bertz CT molecular complexity index is 792. The number of aromatic nitrogens is 3. The highest BCUT2D eigenvalue weighted by Gasteiger charge is 2.12. The van der Waals surface area contributed by atoms with E-state index in [4.69, 9.17) is 9.72 Å². The first-order valence-corrected chi connectivity index (χ1v) is 6.74. The van der Waals surface area contributed by atoms with E-state index in [2.05, 4.69) is 4.98 Å². The number of hydrogen-bond donors (Lipinski definition) is 0. The van der Waals surface area contributed by atoms with Crippen LogP contribution < -0.4 is 9.64 Å². The molecule has 2 aromatic heterocycles. The van der Waals surface area contributed by atoms with Gasteiger partial charge in [0.1, 0.15) is 17.3 Å². The lowest BCUT2D eigenvalue weighted by Crippen LogP contribution is -2.12. The van der Waals surface area contributed by atoms with E-state index in [0.717, 1.165) is 33.9 Å². The van der Waals surface area contributed by atoms with Gasteiger partial charge in [-0.2, -0.15) is 0 Å². The molecule has 0 saturated heterocycles. The van der Waals surface area contributed by atoms with Crippen molar-refractivity contribution in [2.24, 2.45) is 7.05 Å². The number of aryl methyl sites for hydroxylation is 1. The van der Waals surface area contributed by atoms with Gasteiger partial charge in [0.05, 0.1) is 7.11 Å². The Morgan fingerprint density at radius 1 is 1.19 bits per heavy atom. The minimum Gasteiger partial charge on any atom is -0.497 e. The number of ether oxygens (including phenoxy) is 1. The normalized spacial score (nSPS) is 10.9. The van der Waals surface area contributed by atoms with Crippen molar-refractivity contribution in [1.29, 1.82) is 0 Å². The molecule has 0 amide bonds. The fraction of sp³-hybridized carbons (Fsp3) is 0.250. The van der Waals surface area contributed by atoms with Crippen LogP contribution in [0.4, 0.5) is 5.82 Å². The van der Waals surface area contributed by atoms with Crippen LogP contribution in [0.5, 0.6) is 5.75 Å². The summed E-state index contributed by atoms with van der Waals surface area (Å²) in [6.45, 7) is 0. The van der Waals surface area contributed by atoms with Crippen molar-refractivity contribution < 1.29 is 4.74 Å². The standard InChI is InChI=1S/C16H18N4O/c1-19(2)15-13-6-5-12(21-4)9-11(13)10-14(18-15)16-17-7-8-20(16)3/h5-10H,1-4H3. The highest BCUT2D eigenvalue weighted by Crippen LogP contribution is 2.30. The van der Waals surface area contributed by atoms with E-state index >= 15 is 0 Å². The minimum atomic E-state index is 0.837. The molecular weight excluding hydrogens is 264 g/mol. The zero-order chi connectivity index (χ0) is 15.0. The Kier molecular flexibility index (Phi) is 3.25. The maximum absolute atomic E-state index is 5.32. The van der Waals surface area contributed by atoms with Crippen LogP contribution in [0, 0.1) is 0 Å². The van der Waals surface area contributed by atoms with E-state index in [1.807, 2.05) is 61.1 Å². The highest BCUT2D eigenvalue weighted by molar-refractivity contribution is 5.95. The van der Waals surface area contributed by atoms with Gasteiger partial charge in [0.15, 0.2) is 5.82 Å². The first kappa shape index (κ1) is 13.4. The SMILES string of the molecule is COc1ccc2c(N(C)C)nc(-c3nccn3C)cc2c1. The summed E-state index contributed by atoms with van der Waals surface area (Å²) in [5, 5.41) is 2.19. The summed E-state index contributed by atoms with van der Waals surface area (Å²) in [5.74, 6) is 2.61. The second kappa shape index (κ2) is 5.09. The average Bonchev–Trinajstić information content (AvgIpc) is 2.91. The number of methoxy groups -OCH3 is 1. The molecule has 2 heterocycles. The van der Waals surface area contributed by atoms with Gasteiger partial charge in [-0.1, -0.05) is 0 Å². The number of benzene rings is 1. The van der Waals surface area contributed by atoms with Gasteiger partial charge in [-0.25, -0.2) is 9.97 Å². The van der Waals surface area contributed by atoms with Crippen molar-refractivity contribution in [1.82, 2.24) is 14.5 Å². The highest BCUT2D eigenvalue weighted by atomic mass is 16.5. The molecule has 0 spiro atoms. The molecule has 21 heavy (non-hydrogen) atoms. The van der Waals surface area contributed by atoms with E-state index in [-0.39, 0.29) is 0 Å². The molecule has 0 bridgehead atoms. The lowest BCUT2D eigenvalue weighted by atomic mass is 10.1. The summed E-state index contributed by atoms with van der Waals surface area (Å²) in [4.78, 5) is 11.2. The number of anilines is 1. The second-order valence-corrected chi connectivity index (χ2v) is 5.17. The molecular formula is C16H18N4O. The third-order valence-corrected chi connectivity index (χ3v) is 3.49. The maximum atomic E-state index is 5.32. The molecule has 5 nitrogen and oxygen atoms in total. The first-order chi connectivity index (χ1) is 10.1. The molecule has 0 saturated carbocycles. The van der Waals surface area contributed by atoms with Crippen molar-refractivity contribution >= 4 is 16.6 Å². The monoisotopic (exact) mass is 282 g/mol. The number of fused-ring (bicyclic) bond motifs is 1. The Morgan fingerprint density at radius 2 is 2.00 bits per heavy atom. The molecule has 0 radical (unpaired) electrons. The number of imidazole rings is 1. The molecule has 0 aliphatic carbocycles. The van der Waals surface area contributed by atoms with E-state index in [0.29, 0.717) is 0 Å². The molecule has 3 rings (SSSR count). The third kappa shape index (κ3) is 2.31. The fourth-order valence-corrected chi connectivity index (χ4v) is 2.41. The van der Waals surface area contributed by atoms with Crippen molar-refractivity contribution in [3.8, 4) is 17.3 Å². The third-order valence-electron chi connectivity index (χ3n) is 3.49. The first-order valence-electron chi connectivity index (χ1n) is 6.74. The van der Waals surface area contributed by atoms with Crippen LogP contribution in [-0.2, 0) is 7.05 Å².